The minimum Gasteiger partial charge on any atom is -0.356 e. The Balaban J connectivity index is -0.0000000184. The summed E-state index contributed by atoms with van der Waals surface area (Å²) in [5.41, 5.74) is 0. The molecular weight excluding hydrogens is 347 g/mol. The van der Waals surface area contributed by atoms with Gasteiger partial charge in [0.25, 0.3) is 10.2 Å². The Hall–Kier alpha value is -0.428. The Morgan fingerprint density at radius 3 is 0.733 bits per heavy atom. The average Bonchev–Trinajstić information content (AvgIpc) is 1.54. The molecule has 0 saturated carbocycles. The van der Waals surface area contributed by atoms with Crippen LogP contribution in [0.15, 0.2) is 0 Å². The Morgan fingerprint density at radius 1 is 0.733 bits per heavy atom. The third kappa shape index (κ3) is 9920. The van der Waals surface area contributed by atoms with Gasteiger partial charge in [0.2, 0.25) is 0 Å². The van der Waals surface area contributed by atoms with Crippen LogP contribution in [-0.2, 0) is 0 Å². The van der Waals surface area contributed by atoms with Gasteiger partial charge in [-0.3, -0.25) is 0 Å². The molecule has 0 aromatic rings. The van der Waals surface area contributed by atoms with Crippen LogP contribution < -0.4 is 81.2 Å². The van der Waals surface area contributed by atoms with E-state index in [1.165, 1.54) is 0 Å². The second kappa shape index (κ2) is 29.2. The van der Waals surface area contributed by atoms with Gasteiger partial charge in [-0.15, -0.1) is 20.2 Å². The van der Waals surface area contributed by atoms with Crippen LogP contribution >= 0.6 is 0 Å². The molecule has 0 spiro atoms. The minimum atomic E-state index is -1.75. The molecular formula is H8CsN5O9. The average molecular weight is 355 g/mol. The van der Waals surface area contributed by atoms with E-state index >= 15 is 0 Å². The Morgan fingerprint density at radius 2 is 0.733 bits per heavy atom. The molecule has 14 nitrogen and oxygen atoms in total. The first-order valence-electron chi connectivity index (χ1n) is 1.68. The Bertz CT molecular complexity index is 116. The number of hydrogen-bond acceptors (Lipinski definition) is 9. The summed E-state index contributed by atoms with van der Waals surface area (Å²) < 4.78 is 0. The van der Waals surface area contributed by atoms with E-state index in [-0.39, 0.29) is 81.2 Å². The maximum Gasteiger partial charge on any atom is 1.00 e. The quantitative estimate of drug-likeness (QED) is 0.243. The zero-order valence-corrected chi connectivity index (χ0v) is 13.8. The molecule has 0 rings (SSSR count). The van der Waals surface area contributed by atoms with Crippen molar-refractivity contribution in [1.82, 2.24) is 12.3 Å². The standard InChI is InChI=1S/Cs.2HNO3.NO3.2H3N/c;3*2-1(3)4;;/h;2*(H,2,3,4);;2*1H3/q+1;;;-1;;. The number of nitrogens with zero attached hydrogens (tertiary/aromatic N) is 3. The zero-order chi connectivity index (χ0) is 10.7. The molecule has 0 aliphatic rings. The van der Waals surface area contributed by atoms with Crippen molar-refractivity contribution in [3.8, 4) is 0 Å². The largest absolute Gasteiger partial charge is 1.00 e. The summed E-state index contributed by atoms with van der Waals surface area (Å²) in [5.74, 6) is 0. The van der Waals surface area contributed by atoms with Crippen LogP contribution in [0.1, 0.15) is 0 Å². The molecule has 0 aromatic heterocycles. The van der Waals surface area contributed by atoms with E-state index in [4.69, 9.17) is 46.0 Å². The molecule has 8 N–H and O–H groups in total. The summed E-state index contributed by atoms with van der Waals surface area (Å²) in [6, 6.07) is 0. The summed E-state index contributed by atoms with van der Waals surface area (Å²) in [4.78, 5) is 25.0. The van der Waals surface area contributed by atoms with Crippen LogP contribution in [0.4, 0.5) is 0 Å². The summed E-state index contributed by atoms with van der Waals surface area (Å²) in [7, 11) is 0. The van der Waals surface area contributed by atoms with Crippen molar-refractivity contribution >= 4 is 0 Å². The topological polar surface area (TPSA) is 263 Å². The fourth-order valence-electron chi connectivity index (χ4n) is 0. The predicted molar refractivity (Wildman–Crippen MR) is 38.0 cm³/mol. The predicted octanol–water partition coefficient (Wildman–Crippen LogP) is -3.61. The van der Waals surface area contributed by atoms with Gasteiger partial charge in [-0.05, 0) is 0 Å². The molecule has 0 radical (unpaired) electrons. The van der Waals surface area contributed by atoms with Gasteiger partial charge in [-0.1, -0.05) is 0 Å². The fourth-order valence-corrected chi connectivity index (χ4v) is 0. The molecule has 0 saturated heterocycles. The van der Waals surface area contributed by atoms with Gasteiger partial charge in [0.05, 0.1) is 5.09 Å². The van der Waals surface area contributed by atoms with Gasteiger partial charge in [-0.25, -0.2) is 0 Å². The van der Waals surface area contributed by atoms with Gasteiger partial charge in [-0.2, -0.15) is 0 Å². The van der Waals surface area contributed by atoms with Crippen LogP contribution in [0, 0.1) is 35.6 Å². The summed E-state index contributed by atoms with van der Waals surface area (Å²) >= 11 is 0. The van der Waals surface area contributed by atoms with E-state index in [1.54, 1.807) is 0 Å². The number of rotatable bonds is 0. The van der Waals surface area contributed by atoms with Crippen molar-refractivity contribution in [3.05, 3.63) is 35.6 Å². The van der Waals surface area contributed by atoms with Crippen LogP contribution in [0.3, 0.4) is 0 Å². The normalized spacial score (nSPS) is 4.80. The molecule has 0 aliphatic carbocycles. The maximum atomic E-state index is 8.36. The first kappa shape index (κ1) is 36.5. The monoisotopic (exact) mass is 355 g/mol. The van der Waals surface area contributed by atoms with E-state index in [9.17, 15) is 0 Å². The smallest absolute Gasteiger partial charge is 0.356 e. The zero-order valence-electron chi connectivity index (χ0n) is 7.51. The van der Waals surface area contributed by atoms with Crippen LogP contribution in [0.2, 0.25) is 0 Å². The molecule has 88 valence electrons. The van der Waals surface area contributed by atoms with Crippen molar-refractivity contribution < 1.29 is 94.6 Å². The summed E-state index contributed by atoms with van der Waals surface area (Å²) in [6.07, 6.45) is 0. The molecule has 0 bridgehead atoms. The first-order chi connectivity index (χ1) is 5.20. The molecule has 15 heteroatoms. The van der Waals surface area contributed by atoms with E-state index < -0.39 is 15.3 Å². The van der Waals surface area contributed by atoms with E-state index in [0.717, 1.165) is 0 Å². The van der Waals surface area contributed by atoms with Crippen LogP contribution in [0.25, 0.3) is 0 Å². The van der Waals surface area contributed by atoms with Crippen molar-refractivity contribution in [3.63, 3.8) is 0 Å². The van der Waals surface area contributed by atoms with Gasteiger partial charge < -0.3 is 38.0 Å². The molecule has 0 aliphatic heterocycles. The van der Waals surface area contributed by atoms with Crippen molar-refractivity contribution in [2.45, 2.75) is 0 Å². The van der Waals surface area contributed by atoms with Crippen molar-refractivity contribution in [2.24, 2.45) is 0 Å². The fraction of sp³-hybridized carbons (Fsp3) is 0. The summed E-state index contributed by atoms with van der Waals surface area (Å²) in [6.45, 7) is 0. The first-order valence-corrected chi connectivity index (χ1v) is 1.68. The van der Waals surface area contributed by atoms with Crippen molar-refractivity contribution in [2.75, 3.05) is 0 Å². The van der Waals surface area contributed by atoms with Crippen LogP contribution in [0.5, 0.6) is 0 Å². The van der Waals surface area contributed by atoms with Gasteiger partial charge in [0, 0.05) is 0 Å². The van der Waals surface area contributed by atoms with E-state index in [0.29, 0.717) is 0 Å². The molecule has 0 heterocycles. The summed E-state index contributed by atoms with van der Waals surface area (Å²) in [5, 5.41) is 42.0. The van der Waals surface area contributed by atoms with Gasteiger partial charge in [0.1, 0.15) is 0 Å². The third-order valence-corrected chi connectivity index (χ3v) is 0. The van der Waals surface area contributed by atoms with E-state index in [1.807, 2.05) is 0 Å². The van der Waals surface area contributed by atoms with Crippen LogP contribution in [-0.4, -0.2) is 25.7 Å². The minimum absolute atomic E-state index is 0. The SMILES string of the molecule is N.N.O=[N+]([O-])O.O=[N+]([O-])O.O=[N+]([O-])[O-].[Cs+]. The molecule has 0 unspecified atom stereocenters. The van der Waals surface area contributed by atoms with Gasteiger partial charge in [0.15, 0.2) is 0 Å². The molecule has 0 aromatic carbocycles. The Kier molecular flexibility index (Phi) is 71.1. The maximum absolute atomic E-state index is 8.36. The van der Waals surface area contributed by atoms with Gasteiger partial charge >= 0.3 is 68.9 Å². The molecule has 0 atom stereocenters. The second-order valence-electron chi connectivity index (χ2n) is 0.699. The number of hydrogen-bond donors (Lipinski definition) is 4. The second-order valence-corrected chi connectivity index (χ2v) is 0.699. The molecule has 15 heavy (non-hydrogen) atoms. The Labute approximate surface area is 140 Å². The molecule has 0 amide bonds. The molecule has 0 fully saturated rings. The van der Waals surface area contributed by atoms with Crippen molar-refractivity contribution in [1.29, 1.82) is 0 Å². The van der Waals surface area contributed by atoms with E-state index in [2.05, 4.69) is 0 Å². The third-order valence-electron chi connectivity index (χ3n) is 0.